The summed E-state index contributed by atoms with van der Waals surface area (Å²) in [6.45, 7) is 2.11. The lowest BCUT2D eigenvalue weighted by Crippen LogP contribution is -2.46. The van der Waals surface area contributed by atoms with E-state index in [1.807, 2.05) is 0 Å². The predicted octanol–water partition coefficient (Wildman–Crippen LogP) is 4.38. The van der Waals surface area contributed by atoms with Gasteiger partial charge in [-0.25, -0.2) is 14.0 Å². The number of ether oxygens (including phenoxy) is 4. The number of aromatic nitrogens is 4. The number of carbonyl (C=O) groups is 1. The van der Waals surface area contributed by atoms with E-state index in [4.69, 9.17) is 29.2 Å². The molecule has 2 aromatic heterocycles. The van der Waals surface area contributed by atoms with Crippen molar-refractivity contribution in [1.29, 1.82) is 0 Å². The van der Waals surface area contributed by atoms with E-state index in [-0.39, 0.29) is 31.9 Å². The maximum Gasteiger partial charge on any atom is 0.351 e. The third-order valence-corrected chi connectivity index (χ3v) is 12.2. The number of H-pyrrole nitrogens is 1. The van der Waals surface area contributed by atoms with Crippen LogP contribution in [0.4, 0.5) is 10.2 Å². The van der Waals surface area contributed by atoms with Crippen LogP contribution in [0.15, 0.2) is 38.9 Å². The predicted molar refractivity (Wildman–Crippen MR) is 219 cm³/mol. The summed E-state index contributed by atoms with van der Waals surface area (Å²) >= 11 is 0. The van der Waals surface area contributed by atoms with Crippen LogP contribution < -0.4 is 27.6 Å². The van der Waals surface area contributed by atoms with Crippen molar-refractivity contribution in [1.82, 2.24) is 24.0 Å². The minimum absolute atomic E-state index is 0.0436. The maximum absolute atomic E-state index is 16.3. The highest BCUT2D eigenvalue weighted by molar-refractivity contribution is 7.45. The van der Waals surface area contributed by atoms with Crippen molar-refractivity contribution in [2.24, 2.45) is 5.92 Å². The third-order valence-electron chi connectivity index (χ3n) is 11.3. The lowest BCUT2D eigenvalue weighted by Gasteiger charge is -2.32. The van der Waals surface area contributed by atoms with Crippen LogP contribution in [0.25, 0.3) is 0 Å². The number of phosphoric acid groups is 1. The second-order valence-corrected chi connectivity index (χ2v) is 17.1. The summed E-state index contributed by atoms with van der Waals surface area (Å²) < 4.78 is 64.2. The van der Waals surface area contributed by atoms with Crippen molar-refractivity contribution < 1.29 is 46.6 Å². The molecule has 5 unspecified atom stereocenters. The Balaban J connectivity index is 1.48. The molecule has 2 aromatic rings. The minimum atomic E-state index is -4.94. The molecular weight excluding hydrogens is 806 g/mol. The van der Waals surface area contributed by atoms with Gasteiger partial charge in [-0.05, 0) is 12.5 Å². The average molecular weight is 872 g/mol. The SMILES string of the molecule is CCCCCCCCCCCCCCCCCN(C[C@H]1O[C@@H](n2ccc(=O)[nH]c2=O)C(OC)C1OP(=O)([O-])OC)C(=O)CC1C(F)[C@H](n2ccc(N)nc2=O)O[C@@H]1COC. The highest BCUT2D eigenvalue weighted by atomic mass is 31.2. The minimum Gasteiger partial charge on any atom is -0.756 e. The van der Waals surface area contributed by atoms with Gasteiger partial charge in [-0.1, -0.05) is 96.8 Å². The number of nitrogens with one attached hydrogen (secondary N) is 1. The fraction of sp³-hybridized carbons (Fsp3) is 0.775. The van der Waals surface area contributed by atoms with Crippen LogP contribution in [0.5, 0.6) is 0 Å². The Kier molecular flexibility index (Phi) is 20.5. The number of halogens is 1. The molecule has 4 rings (SSSR count). The zero-order chi connectivity index (χ0) is 43.7. The van der Waals surface area contributed by atoms with Gasteiger partial charge in [-0.15, -0.1) is 0 Å². The van der Waals surface area contributed by atoms with E-state index in [1.54, 1.807) is 0 Å². The van der Waals surface area contributed by atoms with Crippen molar-refractivity contribution >= 4 is 19.5 Å². The van der Waals surface area contributed by atoms with E-state index in [0.717, 1.165) is 48.0 Å². The van der Waals surface area contributed by atoms with Crippen molar-refractivity contribution in [2.75, 3.05) is 46.8 Å². The summed E-state index contributed by atoms with van der Waals surface area (Å²) in [5.74, 6) is -1.60. The molecule has 4 heterocycles. The molecular formula is C40H65FN6O12P-. The molecule has 1 amide bonds. The van der Waals surface area contributed by atoms with E-state index < -0.39 is 79.6 Å². The van der Waals surface area contributed by atoms with Crippen LogP contribution >= 0.6 is 7.82 Å². The van der Waals surface area contributed by atoms with Gasteiger partial charge in [0.2, 0.25) is 5.91 Å². The average Bonchev–Trinajstić information content (AvgIpc) is 3.70. The first-order chi connectivity index (χ1) is 28.8. The lowest BCUT2D eigenvalue weighted by molar-refractivity contribution is -0.231. The van der Waals surface area contributed by atoms with Gasteiger partial charge in [0, 0.05) is 65.2 Å². The Bertz CT molecular complexity index is 1830. The summed E-state index contributed by atoms with van der Waals surface area (Å²) in [6, 6.07) is 2.43. The molecule has 60 heavy (non-hydrogen) atoms. The number of hydrogen-bond donors (Lipinski definition) is 2. The number of nitrogens with zero attached hydrogens (tertiary/aromatic N) is 4. The molecule has 2 saturated heterocycles. The summed E-state index contributed by atoms with van der Waals surface area (Å²) in [6.07, 6.45) is 10.0. The second kappa shape index (κ2) is 25.0. The van der Waals surface area contributed by atoms with Gasteiger partial charge < -0.3 is 43.5 Å². The van der Waals surface area contributed by atoms with Gasteiger partial charge in [0.25, 0.3) is 13.4 Å². The first-order valence-corrected chi connectivity index (χ1v) is 22.8. The molecule has 340 valence electrons. The van der Waals surface area contributed by atoms with E-state index in [2.05, 4.69) is 21.4 Å². The van der Waals surface area contributed by atoms with Crippen LogP contribution in [0.2, 0.25) is 0 Å². The first-order valence-electron chi connectivity index (χ1n) is 21.3. The number of nitrogens with two attached hydrogens (primary N) is 1. The van der Waals surface area contributed by atoms with Crippen LogP contribution in [0.3, 0.4) is 0 Å². The van der Waals surface area contributed by atoms with Gasteiger partial charge in [0.15, 0.2) is 18.6 Å². The lowest BCUT2D eigenvalue weighted by atomic mass is 9.94. The highest BCUT2D eigenvalue weighted by Gasteiger charge is 2.51. The molecule has 0 saturated carbocycles. The smallest absolute Gasteiger partial charge is 0.351 e. The van der Waals surface area contributed by atoms with Crippen molar-refractivity contribution in [3.63, 3.8) is 0 Å². The number of alkyl halides is 1. The zero-order valence-electron chi connectivity index (χ0n) is 35.5. The largest absolute Gasteiger partial charge is 0.756 e. The van der Waals surface area contributed by atoms with Gasteiger partial charge in [0.05, 0.1) is 12.7 Å². The molecule has 0 radical (unpaired) electrons. The Morgan fingerprint density at radius 2 is 1.47 bits per heavy atom. The third kappa shape index (κ3) is 14.4. The van der Waals surface area contributed by atoms with Crippen molar-refractivity contribution in [3.8, 4) is 0 Å². The first kappa shape index (κ1) is 49.4. The summed E-state index contributed by atoms with van der Waals surface area (Å²) in [5, 5.41) is 0. The molecule has 3 N–H and O–H groups in total. The standard InChI is InChI=1S/C40H66FN6O12P/c1-5-6-7-8-9-10-11-12-13-14-15-16-17-18-19-22-45(33(49)25-28-30(27-54-2)58-37(34(28)41)46-23-20-31(42)43-39(46)50)26-29-35(59-60(52,53)56-4)36(55-3)38(57-29)47-24-21-32(48)44-40(47)51/h20-21,23-24,28-30,34-38H,5-19,22,25-27H2,1-4H3,(H,52,53)(H2,42,43,50)(H,44,48,51)/p-1/t28?,29-,30-,34?,35?,36?,37-,38-/m1/s1. The van der Waals surface area contributed by atoms with Crippen molar-refractivity contribution in [2.45, 2.75) is 153 Å². The van der Waals surface area contributed by atoms with Gasteiger partial charge in [-0.3, -0.25) is 28.3 Å². The molecule has 2 aliphatic heterocycles. The number of unbranched alkanes of at least 4 members (excludes halogenated alkanes) is 14. The van der Waals surface area contributed by atoms with E-state index >= 15 is 4.39 Å². The molecule has 0 spiro atoms. The van der Waals surface area contributed by atoms with E-state index in [0.29, 0.717) is 6.42 Å². The van der Waals surface area contributed by atoms with Crippen molar-refractivity contribution in [3.05, 3.63) is 55.8 Å². The molecule has 0 aromatic carbocycles. The fourth-order valence-electron chi connectivity index (χ4n) is 8.00. The molecule has 0 bridgehead atoms. The van der Waals surface area contributed by atoms with Crippen LogP contribution in [0, 0.1) is 5.92 Å². The van der Waals surface area contributed by atoms with E-state index in [9.17, 15) is 28.6 Å². The Morgan fingerprint density at radius 3 is 2.02 bits per heavy atom. The topological polar surface area (TPSA) is 232 Å². The van der Waals surface area contributed by atoms with E-state index in [1.165, 1.54) is 102 Å². The number of nitrogen functional groups attached to an aromatic ring is 1. The van der Waals surface area contributed by atoms with Crippen LogP contribution in [-0.4, -0.2) is 102 Å². The Hall–Kier alpha value is -3.29. The molecule has 0 aliphatic carbocycles. The van der Waals surface area contributed by atoms with Gasteiger partial charge >= 0.3 is 11.4 Å². The van der Waals surface area contributed by atoms with Crippen LogP contribution in [-0.2, 0) is 37.4 Å². The summed E-state index contributed by atoms with van der Waals surface area (Å²) in [4.78, 5) is 71.7. The van der Waals surface area contributed by atoms with Gasteiger partial charge in [-0.2, -0.15) is 4.98 Å². The highest BCUT2D eigenvalue weighted by Crippen LogP contribution is 2.45. The molecule has 18 nitrogen and oxygen atoms in total. The fourth-order valence-corrected chi connectivity index (χ4v) is 8.64. The molecule has 2 fully saturated rings. The summed E-state index contributed by atoms with van der Waals surface area (Å²) in [5.41, 5.74) is 3.31. The normalized spacial score (nSPS) is 25.1. The van der Waals surface area contributed by atoms with Gasteiger partial charge in [0.1, 0.15) is 24.1 Å². The Morgan fingerprint density at radius 1 is 0.883 bits per heavy atom. The number of rotatable bonds is 28. The monoisotopic (exact) mass is 871 g/mol. The number of carbonyl (C=O) groups excluding carboxylic acids is 1. The zero-order valence-corrected chi connectivity index (χ0v) is 36.3. The number of phosphoric ester groups is 1. The molecule has 2 aliphatic rings. The number of methoxy groups -OCH3 is 2. The Labute approximate surface area is 350 Å². The summed E-state index contributed by atoms with van der Waals surface area (Å²) in [7, 11) is -1.34. The second-order valence-electron chi connectivity index (χ2n) is 15.6. The molecule has 9 atom stereocenters. The number of anilines is 1. The quantitative estimate of drug-likeness (QED) is 0.0894. The molecule has 20 heteroatoms. The number of aromatic amines is 1. The number of hydrogen-bond acceptors (Lipinski definition) is 14. The maximum atomic E-state index is 16.3. The number of amides is 1. The van der Waals surface area contributed by atoms with Crippen LogP contribution in [0.1, 0.15) is 122 Å².